The molecule has 8 aromatic carbocycles. The molecule has 11 aromatic rings. The molecule has 0 bridgehead atoms. The molecule has 2 aliphatic rings. The van der Waals surface area contributed by atoms with Crippen molar-refractivity contribution in [2.45, 2.75) is 31.6 Å². The second-order valence-corrected chi connectivity index (χ2v) is 16.0. The smallest absolute Gasteiger partial charge is 0.303 e. The Labute approximate surface area is 317 Å². The van der Waals surface area contributed by atoms with E-state index < -0.39 is 0 Å². The standard InChI is InChI=1S/C51H36N4/c1-29-13-10-21-33-32(29)20-11-22-36(33)47-38-18-6-8-25-42(38)52-51(53-47)55-43-26-9-7-19-39(43)45-34-16-4-5-17-35(34)46-40-24-12-23-37-41-27-30-14-2-3-15-31(30)28-44(41)54(48(37)40)49(46)50(45)55/h2-12,14-29,47,51-53H,13H2,1H3/p+2. The third-order valence-electron chi connectivity index (χ3n) is 13.2. The average molecular weight is 707 g/mol. The highest BCUT2D eigenvalue weighted by Crippen LogP contribution is 2.48. The molecule has 0 saturated heterocycles. The van der Waals surface area contributed by atoms with Gasteiger partial charge in [0.15, 0.2) is 0 Å². The van der Waals surface area contributed by atoms with E-state index in [1.807, 2.05) is 0 Å². The predicted octanol–water partition coefficient (Wildman–Crippen LogP) is 10.8. The molecule has 0 saturated carbocycles. The number of nitrogens with two attached hydrogens (primary N) is 2. The Kier molecular flexibility index (Phi) is 5.89. The number of hydrogen-bond acceptors (Lipinski definition) is 0. The van der Waals surface area contributed by atoms with Crippen molar-refractivity contribution in [3.63, 3.8) is 0 Å². The van der Waals surface area contributed by atoms with Gasteiger partial charge in [-0.3, -0.25) is 5.32 Å². The van der Waals surface area contributed by atoms with Crippen molar-refractivity contribution in [2.24, 2.45) is 0 Å². The summed E-state index contributed by atoms with van der Waals surface area (Å²) in [7, 11) is 0. The van der Waals surface area contributed by atoms with Crippen LogP contribution in [0.2, 0.25) is 0 Å². The number of benzene rings is 8. The van der Waals surface area contributed by atoms with Crippen LogP contribution in [0.1, 0.15) is 53.8 Å². The van der Waals surface area contributed by atoms with Gasteiger partial charge in [0.2, 0.25) is 0 Å². The van der Waals surface area contributed by atoms with E-state index in [2.05, 4.69) is 184 Å². The van der Waals surface area contributed by atoms with Crippen LogP contribution >= 0.6 is 0 Å². The minimum absolute atomic E-state index is 0.00951. The van der Waals surface area contributed by atoms with Gasteiger partial charge in [-0.2, -0.15) is 0 Å². The zero-order chi connectivity index (χ0) is 35.9. The fraction of sp³-hybridized carbons (Fsp3) is 0.0980. The quantitative estimate of drug-likeness (QED) is 0.168. The minimum atomic E-state index is 0.00951. The predicted molar refractivity (Wildman–Crippen MR) is 228 cm³/mol. The molecule has 4 heterocycles. The maximum absolute atomic E-state index is 2.69. The van der Waals surface area contributed by atoms with E-state index in [1.54, 1.807) is 0 Å². The molecule has 0 fully saturated rings. The Balaban J connectivity index is 1.20. The van der Waals surface area contributed by atoms with Gasteiger partial charge in [-0.25, -0.2) is 9.88 Å². The number of para-hydroxylation sites is 3. The number of rotatable bonds is 2. The molecule has 0 spiro atoms. The second kappa shape index (κ2) is 10.8. The number of hydrogen-bond donors (Lipinski definition) is 2. The van der Waals surface area contributed by atoms with Crippen LogP contribution in [0.5, 0.6) is 0 Å². The van der Waals surface area contributed by atoms with Crippen LogP contribution in [0.25, 0.3) is 87.5 Å². The van der Waals surface area contributed by atoms with Gasteiger partial charge in [0.1, 0.15) is 11.7 Å². The first-order chi connectivity index (χ1) is 27.2. The van der Waals surface area contributed by atoms with Crippen LogP contribution in [0.3, 0.4) is 0 Å². The Hall–Kier alpha value is -6.46. The average Bonchev–Trinajstić information content (AvgIpc) is 3.88. The lowest BCUT2D eigenvalue weighted by atomic mass is 9.82. The van der Waals surface area contributed by atoms with Crippen molar-refractivity contribution in [3.8, 4) is 0 Å². The lowest BCUT2D eigenvalue weighted by Crippen LogP contribution is -3.08. The van der Waals surface area contributed by atoms with Crippen LogP contribution in [0, 0.1) is 0 Å². The fourth-order valence-corrected chi connectivity index (χ4v) is 10.8. The highest BCUT2D eigenvalue weighted by Gasteiger charge is 2.39. The molecule has 4 N–H and O–H groups in total. The van der Waals surface area contributed by atoms with Crippen molar-refractivity contribution in [3.05, 3.63) is 174 Å². The van der Waals surface area contributed by atoms with Gasteiger partial charge in [0, 0.05) is 37.9 Å². The molecular weight excluding hydrogens is 669 g/mol. The van der Waals surface area contributed by atoms with E-state index in [9.17, 15) is 0 Å². The van der Waals surface area contributed by atoms with Crippen LogP contribution in [-0.4, -0.2) is 8.97 Å². The van der Waals surface area contributed by atoms with Gasteiger partial charge in [0.05, 0.1) is 33.1 Å². The largest absolute Gasteiger partial charge is 0.306 e. The maximum atomic E-state index is 2.69. The van der Waals surface area contributed by atoms with Crippen LogP contribution in [0.15, 0.2) is 152 Å². The van der Waals surface area contributed by atoms with Crippen LogP contribution in [-0.2, 0) is 0 Å². The summed E-state index contributed by atoms with van der Waals surface area (Å²) in [5, 5.41) is 18.3. The Morgan fingerprint density at radius 1 is 0.527 bits per heavy atom. The molecule has 4 heteroatoms. The molecule has 0 radical (unpaired) electrons. The van der Waals surface area contributed by atoms with Crippen molar-refractivity contribution in [2.75, 3.05) is 0 Å². The van der Waals surface area contributed by atoms with Gasteiger partial charge < -0.3 is 4.40 Å². The monoisotopic (exact) mass is 706 g/mol. The zero-order valence-corrected chi connectivity index (χ0v) is 30.5. The topological polar surface area (TPSA) is 42.6 Å². The third kappa shape index (κ3) is 3.87. The number of allylic oxidation sites excluding steroid dienone is 1. The van der Waals surface area contributed by atoms with E-state index in [4.69, 9.17) is 0 Å². The van der Waals surface area contributed by atoms with Gasteiger partial charge in [-0.1, -0.05) is 134 Å². The lowest BCUT2D eigenvalue weighted by molar-refractivity contribution is -0.924. The van der Waals surface area contributed by atoms with Gasteiger partial charge in [-0.15, -0.1) is 0 Å². The summed E-state index contributed by atoms with van der Waals surface area (Å²) in [6.07, 6.45) is 5.86. The zero-order valence-electron chi connectivity index (χ0n) is 30.5. The van der Waals surface area contributed by atoms with Gasteiger partial charge in [-0.05, 0) is 75.3 Å². The Morgan fingerprint density at radius 3 is 2.05 bits per heavy atom. The summed E-state index contributed by atoms with van der Waals surface area (Å²) in [6.45, 7) is 2.37. The summed E-state index contributed by atoms with van der Waals surface area (Å²) in [6, 6.07) is 55.1. The first-order valence-electron chi connectivity index (χ1n) is 19.7. The van der Waals surface area contributed by atoms with E-state index in [0.29, 0.717) is 5.92 Å². The summed E-state index contributed by atoms with van der Waals surface area (Å²) >= 11 is 0. The van der Waals surface area contributed by atoms with E-state index in [0.717, 1.165) is 6.42 Å². The molecule has 1 aliphatic heterocycles. The number of fused-ring (bicyclic) bond motifs is 16. The summed E-state index contributed by atoms with van der Waals surface area (Å²) in [5.41, 5.74) is 13.4. The third-order valence-corrected chi connectivity index (χ3v) is 13.2. The normalized spacial score (nSPS) is 18.5. The Bertz CT molecular complexity index is 3450. The summed E-state index contributed by atoms with van der Waals surface area (Å²) < 4.78 is 5.32. The number of nitrogens with zero attached hydrogens (tertiary/aromatic N) is 2. The fourth-order valence-electron chi connectivity index (χ4n) is 10.8. The highest BCUT2D eigenvalue weighted by atomic mass is 15.3. The van der Waals surface area contributed by atoms with Crippen molar-refractivity contribution in [1.82, 2.24) is 8.97 Å². The second-order valence-electron chi connectivity index (χ2n) is 16.0. The highest BCUT2D eigenvalue weighted by molar-refractivity contribution is 6.38. The molecule has 3 unspecified atom stereocenters. The van der Waals surface area contributed by atoms with Crippen LogP contribution in [0.4, 0.5) is 5.69 Å². The molecular formula is C51H38N4+2. The molecule has 3 atom stereocenters. The van der Waals surface area contributed by atoms with Crippen molar-refractivity contribution in [1.29, 1.82) is 0 Å². The molecule has 55 heavy (non-hydrogen) atoms. The molecule has 0 amide bonds. The number of quaternary nitrogens is 2. The van der Waals surface area contributed by atoms with Crippen molar-refractivity contribution >= 4 is 93.2 Å². The molecule has 3 aromatic heterocycles. The summed E-state index contributed by atoms with van der Waals surface area (Å²) in [5.74, 6) is 0.515. The van der Waals surface area contributed by atoms with E-state index in [-0.39, 0.29) is 12.3 Å². The first-order valence-corrected chi connectivity index (χ1v) is 19.7. The SMILES string of the molecule is CC1CC=Cc2c1cccc2C1[NH2+]C(n2c3ccccc3c3c4ccccc4c4c5cccc6c7cc8ccccc8cc7n(c65)c4c32)[NH2+]c2ccccc21. The van der Waals surface area contributed by atoms with Gasteiger partial charge in [0.25, 0.3) is 0 Å². The summed E-state index contributed by atoms with van der Waals surface area (Å²) in [4.78, 5) is 0. The Morgan fingerprint density at radius 2 is 1.18 bits per heavy atom. The molecule has 13 rings (SSSR count). The van der Waals surface area contributed by atoms with E-state index >= 15 is 0 Å². The van der Waals surface area contributed by atoms with Crippen molar-refractivity contribution < 1.29 is 10.6 Å². The van der Waals surface area contributed by atoms with Gasteiger partial charge >= 0.3 is 6.29 Å². The first kappa shape index (κ1) is 29.9. The molecule has 260 valence electrons. The molecule has 1 aliphatic carbocycles. The number of aromatic nitrogens is 2. The lowest BCUT2D eigenvalue weighted by Gasteiger charge is -2.31. The maximum Gasteiger partial charge on any atom is 0.303 e. The molecule has 4 nitrogen and oxygen atoms in total. The van der Waals surface area contributed by atoms with E-state index in [1.165, 1.54) is 109 Å². The van der Waals surface area contributed by atoms with Crippen LogP contribution < -0.4 is 10.6 Å². The minimum Gasteiger partial charge on any atom is -0.306 e.